The van der Waals surface area contributed by atoms with Gasteiger partial charge < -0.3 is 14.9 Å². The highest BCUT2D eigenvalue weighted by Crippen LogP contribution is 2.39. The van der Waals surface area contributed by atoms with Crippen LogP contribution in [0.3, 0.4) is 0 Å². The van der Waals surface area contributed by atoms with Crippen molar-refractivity contribution in [3.05, 3.63) is 76.2 Å². The van der Waals surface area contributed by atoms with Crippen molar-refractivity contribution in [3.8, 4) is 17.2 Å². The molecule has 2 aromatic carbocycles. The molecule has 1 aromatic heterocycles. The molecule has 29 heavy (non-hydrogen) atoms. The third-order valence-electron chi connectivity index (χ3n) is 4.23. The predicted octanol–water partition coefficient (Wildman–Crippen LogP) is 3.10. The van der Waals surface area contributed by atoms with Crippen LogP contribution in [0.25, 0.3) is 5.69 Å². The lowest BCUT2D eigenvalue weighted by atomic mass is 9.93. The summed E-state index contributed by atoms with van der Waals surface area (Å²) in [5.74, 6) is -1.62. The summed E-state index contributed by atoms with van der Waals surface area (Å²) >= 11 is 0. The van der Waals surface area contributed by atoms with Gasteiger partial charge in [-0.2, -0.15) is 13.2 Å². The summed E-state index contributed by atoms with van der Waals surface area (Å²) in [6, 6.07) is 14.6. The molecule has 3 N–H and O–H groups in total. The lowest BCUT2D eigenvalue weighted by Crippen LogP contribution is -2.52. The molecule has 0 radical (unpaired) electrons. The van der Waals surface area contributed by atoms with Crippen molar-refractivity contribution in [2.45, 2.75) is 18.7 Å². The monoisotopic (exact) mass is 408 g/mol. The van der Waals surface area contributed by atoms with E-state index < -0.39 is 34.6 Å². The van der Waals surface area contributed by atoms with Gasteiger partial charge in [0.1, 0.15) is 11.5 Å². The van der Waals surface area contributed by atoms with Gasteiger partial charge in [-0.1, -0.05) is 18.2 Å². The van der Waals surface area contributed by atoms with E-state index >= 15 is 0 Å². The number of H-pyrrole nitrogens is 1. The van der Waals surface area contributed by atoms with Crippen molar-refractivity contribution in [2.24, 2.45) is 0 Å². The van der Waals surface area contributed by atoms with E-state index in [1.54, 1.807) is 24.3 Å². The lowest BCUT2D eigenvalue weighted by Gasteiger charge is -2.24. The Balaban J connectivity index is 2.00. The molecule has 0 aliphatic carbocycles. The molecular weight excluding hydrogens is 393 g/mol. The van der Waals surface area contributed by atoms with Crippen molar-refractivity contribution >= 4 is 5.97 Å². The molecule has 0 aliphatic rings. The molecule has 0 fully saturated rings. The Hall–Kier alpha value is -3.53. The molecule has 7 nitrogen and oxygen atoms in total. The van der Waals surface area contributed by atoms with Gasteiger partial charge in [0.15, 0.2) is 0 Å². The zero-order valence-corrected chi connectivity index (χ0v) is 14.9. The Labute approximate surface area is 161 Å². The third-order valence-corrected chi connectivity index (χ3v) is 4.23. The molecule has 0 saturated heterocycles. The van der Waals surface area contributed by atoms with Crippen LogP contribution in [0.5, 0.6) is 11.5 Å². The largest absolute Gasteiger partial charge is 0.479 e. The van der Waals surface area contributed by atoms with Crippen molar-refractivity contribution in [3.63, 3.8) is 0 Å². The van der Waals surface area contributed by atoms with Crippen LogP contribution in [0.1, 0.15) is 11.3 Å². The lowest BCUT2D eigenvalue weighted by molar-refractivity contribution is -0.265. The number of aromatic nitrogens is 2. The molecule has 0 saturated carbocycles. The van der Waals surface area contributed by atoms with Gasteiger partial charge >= 0.3 is 12.1 Å². The van der Waals surface area contributed by atoms with E-state index in [2.05, 4.69) is 5.10 Å². The van der Waals surface area contributed by atoms with Crippen LogP contribution >= 0.6 is 0 Å². The maximum atomic E-state index is 13.3. The van der Waals surface area contributed by atoms with Crippen LogP contribution in [0.4, 0.5) is 13.2 Å². The van der Waals surface area contributed by atoms with Crippen LogP contribution in [0.15, 0.2) is 59.4 Å². The summed E-state index contributed by atoms with van der Waals surface area (Å²) in [5.41, 5.74) is -7.28. The van der Waals surface area contributed by atoms with Crippen molar-refractivity contribution in [1.82, 2.24) is 9.78 Å². The normalized spacial score (nSPS) is 13.7. The molecule has 3 aromatic rings. The number of benzene rings is 2. The van der Waals surface area contributed by atoms with Gasteiger partial charge in [0.2, 0.25) is 0 Å². The average molecular weight is 408 g/mol. The second kappa shape index (κ2) is 7.13. The minimum absolute atomic E-state index is 0.125. The zero-order chi connectivity index (χ0) is 21.4. The number of para-hydroxylation sites is 1. The van der Waals surface area contributed by atoms with E-state index in [0.29, 0.717) is 11.5 Å². The number of aryl methyl sites for hydroxylation is 1. The number of rotatable bonds is 5. The fraction of sp³-hybridized carbons (Fsp3) is 0.158. The first-order valence-electron chi connectivity index (χ1n) is 8.23. The molecule has 152 valence electrons. The second-order valence-corrected chi connectivity index (χ2v) is 6.17. The van der Waals surface area contributed by atoms with Gasteiger partial charge in [-0.25, -0.2) is 9.48 Å². The first-order valence-corrected chi connectivity index (χ1v) is 8.23. The van der Waals surface area contributed by atoms with E-state index in [-0.39, 0.29) is 5.69 Å². The zero-order valence-electron chi connectivity index (χ0n) is 14.9. The number of ether oxygens (including phenoxy) is 1. The molecule has 0 bridgehead atoms. The number of aromatic amines is 1. The first-order chi connectivity index (χ1) is 13.6. The number of alkyl halides is 3. The molecule has 1 heterocycles. The Bertz CT molecular complexity index is 1090. The Morgan fingerprint density at radius 2 is 1.59 bits per heavy atom. The molecule has 0 aliphatic heterocycles. The van der Waals surface area contributed by atoms with Gasteiger partial charge in [-0.15, -0.1) is 0 Å². The summed E-state index contributed by atoms with van der Waals surface area (Å²) in [6.45, 7) is 1.07. The smallest absolute Gasteiger partial charge is 0.432 e. The number of halogens is 3. The summed E-state index contributed by atoms with van der Waals surface area (Å²) in [7, 11) is 0. The first kappa shape index (κ1) is 20.2. The quantitative estimate of drug-likeness (QED) is 0.602. The van der Waals surface area contributed by atoms with Gasteiger partial charge in [0.25, 0.3) is 11.2 Å². The van der Waals surface area contributed by atoms with E-state index in [0.717, 1.165) is 11.6 Å². The minimum Gasteiger partial charge on any atom is -0.479 e. The van der Waals surface area contributed by atoms with Crippen LogP contribution < -0.4 is 10.3 Å². The molecule has 1 unspecified atom stereocenters. The van der Waals surface area contributed by atoms with Crippen molar-refractivity contribution < 1.29 is 32.9 Å². The van der Waals surface area contributed by atoms with Gasteiger partial charge in [0.05, 0.1) is 11.3 Å². The van der Waals surface area contributed by atoms with Gasteiger partial charge in [0, 0.05) is 5.69 Å². The second-order valence-electron chi connectivity index (χ2n) is 6.17. The summed E-state index contributed by atoms with van der Waals surface area (Å²) in [4.78, 5) is 23.7. The van der Waals surface area contributed by atoms with E-state index in [1.807, 2.05) is 6.07 Å². The number of nitrogens with one attached hydrogen (secondary N) is 1. The van der Waals surface area contributed by atoms with Crippen LogP contribution in [0, 0.1) is 6.92 Å². The number of carboxylic acids is 1. The maximum Gasteiger partial charge on any atom is 0.432 e. The number of carbonyl (C=O) groups is 1. The SMILES string of the molecule is Cc1[nH]n(-c2ccc(Oc3ccccc3)cc2)c(=O)c1C(O)(C(=O)O)C(F)(F)F. The molecular formula is C19H15F3N2O5. The Kier molecular flexibility index (Phi) is 4.97. The summed E-state index contributed by atoms with van der Waals surface area (Å²) in [5, 5.41) is 21.2. The van der Waals surface area contributed by atoms with E-state index in [9.17, 15) is 27.9 Å². The number of carboxylic acid groups (broad SMARTS) is 1. The highest BCUT2D eigenvalue weighted by atomic mass is 19.4. The molecule has 10 heteroatoms. The maximum absolute atomic E-state index is 13.3. The standard InChI is InChI=1S/C19H15F3N2O5/c1-11-15(18(28,17(26)27)19(20,21)22)16(25)24(23-11)12-7-9-14(10-8-12)29-13-5-3-2-4-6-13/h2-10,23,28H,1H3,(H,26,27). The fourth-order valence-electron chi connectivity index (χ4n) is 2.81. The Morgan fingerprint density at radius 1 is 1.03 bits per heavy atom. The Morgan fingerprint density at radius 3 is 2.10 bits per heavy atom. The predicted molar refractivity (Wildman–Crippen MR) is 95.2 cm³/mol. The highest BCUT2D eigenvalue weighted by Gasteiger charge is 2.64. The molecule has 1 atom stereocenters. The number of nitrogens with zero attached hydrogens (tertiary/aromatic N) is 1. The fourth-order valence-corrected chi connectivity index (χ4v) is 2.81. The number of aliphatic carboxylic acids is 1. The minimum atomic E-state index is -5.60. The summed E-state index contributed by atoms with van der Waals surface area (Å²) in [6.07, 6.45) is -5.60. The van der Waals surface area contributed by atoms with Gasteiger partial charge in [-0.05, 0) is 43.3 Å². The van der Waals surface area contributed by atoms with E-state index in [4.69, 9.17) is 9.84 Å². The topological polar surface area (TPSA) is 105 Å². The molecule has 3 rings (SSSR count). The summed E-state index contributed by atoms with van der Waals surface area (Å²) < 4.78 is 46.1. The van der Waals surface area contributed by atoms with Crippen LogP contribution in [-0.2, 0) is 10.4 Å². The molecule has 0 amide bonds. The van der Waals surface area contributed by atoms with E-state index in [1.165, 1.54) is 24.3 Å². The highest BCUT2D eigenvalue weighted by molar-refractivity contribution is 5.80. The van der Waals surface area contributed by atoms with Crippen LogP contribution in [-0.4, -0.2) is 32.1 Å². The average Bonchev–Trinajstić information content (AvgIpc) is 2.96. The van der Waals surface area contributed by atoms with Crippen LogP contribution in [0.2, 0.25) is 0 Å². The van der Waals surface area contributed by atoms with Crippen molar-refractivity contribution in [1.29, 1.82) is 0 Å². The third kappa shape index (κ3) is 3.49. The van der Waals surface area contributed by atoms with Gasteiger partial charge in [-0.3, -0.25) is 9.89 Å². The van der Waals surface area contributed by atoms with Crippen molar-refractivity contribution in [2.75, 3.05) is 0 Å². The molecule has 0 spiro atoms. The number of hydrogen-bond donors (Lipinski definition) is 3. The number of aliphatic hydroxyl groups is 1. The number of hydrogen-bond acceptors (Lipinski definition) is 4.